The van der Waals surface area contributed by atoms with Crippen LogP contribution in [-0.4, -0.2) is 25.5 Å². The molecule has 2 heterocycles. The number of rotatable bonds is 6. The summed E-state index contributed by atoms with van der Waals surface area (Å²) in [5.74, 6) is -1.06. The zero-order valence-corrected chi connectivity index (χ0v) is 19.7. The first-order valence-electron chi connectivity index (χ1n) is 9.91. The third-order valence-electron chi connectivity index (χ3n) is 5.01. The Bertz CT molecular complexity index is 1140. The van der Waals surface area contributed by atoms with E-state index in [9.17, 15) is 21.8 Å². The third kappa shape index (κ3) is 5.59. The van der Waals surface area contributed by atoms with Crippen molar-refractivity contribution in [1.29, 1.82) is 0 Å². The molecule has 0 spiro atoms. The Labute approximate surface area is 197 Å². The van der Waals surface area contributed by atoms with Crippen LogP contribution in [-0.2, 0) is 22.6 Å². The number of alkyl halides is 3. The van der Waals surface area contributed by atoms with E-state index in [1.807, 2.05) is 0 Å². The molecule has 33 heavy (non-hydrogen) atoms. The second kappa shape index (κ2) is 9.48. The number of benzene rings is 1. The number of pyridine rings is 2. The van der Waals surface area contributed by atoms with Crippen molar-refractivity contribution in [3.05, 3.63) is 94.3 Å². The number of aromatic nitrogens is 2. The van der Waals surface area contributed by atoms with Gasteiger partial charge in [0.2, 0.25) is 0 Å². The fraction of sp³-hybridized carbons (Fsp3) is 0.304. The van der Waals surface area contributed by atoms with Crippen molar-refractivity contribution in [2.24, 2.45) is 0 Å². The first kappa shape index (κ1) is 25.3. The van der Waals surface area contributed by atoms with Gasteiger partial charge in [0.05, 0.1) is 43.1 Å². The van der Waals surface area contributed by atoms with Gasteiger partial charge in [0.25, 0.3) is 0 Å². The van der Waals surface area contributed by atoms with Gasteiger partial charge in [-0.15, -0.1) is 0 Å². The van der Waals surface area contributed by atoms with Crippen LogP contribution in [0.15, 0.2) is 60.9 Å². The molecule has 0 aliphatic carbocycles. The largest absolute Gasteiger partial charge is 0.416 e. The summed E-state index contributed by atoms with van der Waals surface area (Å²) in [6.45, 7) is 5.10. The van der Waals surface area contributed by atoms with E-state index in [1.165, 1.54) is 24.5 Å². The van der Waals surface area contributed by atoms with Crippen molar-refractivity contribution in [2.45, 2.75) is 37.1 Å². The highest BCUT2D eigenvalue weighted by Crippen LogP contribution is 2.40. The van der Waals surface area contributed by atoms with Crippen LogP contribution in [0.25, 0.3) is 0 Å². The molecular weight excluding hydrogens is 478 g/mol. The monoisotopic (exact) mass is 499 g/mol. The predicted octanol–water partition coefficient (Wildman–Crippen LogP) is 5.67. The van der Waals surface area contributed by atoms with Gasteiger partial charge < -0.3 is 0 Å². The van der Waals surface area contributed by atoms with E-state index in [4.69, 9.17) is 11.6 Å². The normalized spacial score (nSPS) is 15.2. The van der Waals surface area contributed by atoms with Crippen LogP contribution in [0.1, 0.15) is 43.3 Å². The number of hydrogen-bond donors (Lipinski definition) is 1. The quantitative estimate of drug-likeness (QED) is 0.444. The van der Waals surface area contributed by atoms with Crippen molar-refractivity contribution < 1.29 is 21.8 Å². The molecular formula is C23H22ClF4N3OS. The van der Waals surface area contributed by atoms with E-state index in [0.717, 1.165) is 12.1 Å². The number of nitrogens with zero attached hydrogens (tertiary/aromatic N) is 2. The zero-order valence-electron chi connectivity index (χ0n) is 18.1. The molecule has 2 aromatic heterocycles. The summed E-state index contributed by atoms with van der Waals surface area (Å²) < 4.78 is 70.4. The summed E-state index contributed by atoms with van der Waals surface area (Å²) in [6.07, 6.45) is -1.95. The van der Waals surface area contributed by atoms with Crippen LogP contribution in [0.3, 0.4) is 0 Å². The van der Waals surface area contributed by atoms with E-state index in [0.29, 0.717) is 16.8 Å². The summed E-state index contributed by atoms with van der Waals surface area (Å²) in [7, 11) is -1.58. The molecule has 0 amide bonds. The highest BCUT2D eigenvalue weighted by atomic mass is 35.5. The van der Waals surface area contributed by atoms with Crippen LogP contribution in [0.4, 0.5) is 17.6 Å². The fourth-order valence-electron chi connectivity index (χ4n) is 3.34. The van der Waals surface area contributed by atoms with Crippen LogP contribution < -0.4 is 4.72 Å². The Balaban J connectivity index is 2.34. The van der Waals surface area contributed by atoms with Gasteiger partial charge in [-0.2, -0.15) is 13.2 Å². The van der Waals surface area contributed by atoms with Gasteiger partial charge in [-0.05, 0) is 68.8 Å². The van der Waals surface area contributed by atoms with E-state index >= 15 is 0 Å². The molecule has 0 aliphatic heterocycles. The van der Waals surface area contributed by atoms with Gasteiger partial charge in [0, 0.05) is 18.9 Å². The number of nitrogens with one attached hydrogen (secondary N) is 1. The van der Waals surface area contributed by atoms with Gasteiger partial charge in [0.15, 0.2) is 0 Å². The Hall–Kier alpha value is -2.36. The molecule has 2 unspecified atom stereocenters. The third-order valence-corrected chi connectivity index (χ3v) is 6.75. The maximum Gasteiger partial charge on any atom is 0.416 e. The number of hydrogen-bond acceptors (Lipinski definition) is 3. The molecule has 1 aromatic carbocycles. The molecule has 3 rings (SSSR count). The van der Waals surface area contributed by atoms with Crippen LogP contribution in [0.2, 0.25) is 5.02 Å². The predicted molar refractivity (Wildman–Crippen MR) is 121 cm³/mol. The van der Waals surface area contributed by atoms with Gasteiger partial charge >= 0.3 is 6.18 Å². The summed E-state index contributed by atoms with van der Waals surface area (Å²) in [5, 5.41) is 0.315. The van der Waals surface area contributed by atoms with E-state index in [-0.39, 0.29) is 17.8 Å². The Morgan fingerprint density at radius 2 is 1.64 bits per heavy atom. The topological polar surface area (TPSA) is 54.9 Å². The average molecular weight is 500 g/mol. The molecule has 3 aromatic rings. The van der Waals surface area contributed by atoms with Gasteiger partial charge in [-0.25, -0.2) is 13.3 Å². The number of halogens is 5. The lowest BCUT2D eigenvalue weighted by atomic mass is 9.73. The minimum absolute atomic E-state index is 0.0400. The molecule has 1 N–H and O–H groups in total. The molecule has 0 bridgehead atoms. The fourth-order valence-corrected chi connectivity index (χ4v) is 4.24. The van der Waals surface area contributed by atoms with Crippen molar-refractivity contribution in [3.63, 3.8) is 0 Å². The first-order valence-corrected chi connectivity index (χ1v) is 11.4. The molecule has 10 heteroatoms. The lowest BCUT2D eigenvalue weighted by Crippen LogP contribution is -2.45. The molecule has 4 nitrogen and oxygen atoms in total. The van der Waals surface area contributed by atoms with Crippen LogP contribution >= 0.6 is 11.6 Å². The molecule has 0 saturated heterocycles. The van der Waals surface area contributed by atoms with Gasteiger partial charge in [-0.1, -0.05) is 17.7 Å². The smallest absolute Gasteiger partial charge is 0.260 e. The maximum atomic E-state index is 14.5. The van der Waals surface area contributed by atoms with Crippen molar-refractivity contribution in [1.82, 2.24) is 14.7 Å². The first-order chi connectivity index (χ1) is 15.3. The molecule has 0 fully saturated rings. The molecule has 176 valence electrons. The lowest BCUT2D eigenvalue weighted by Gasteiger charge is -2.35. The second-order valence-electron chi connectivity index (χ2n) is 8.41. The molecule has 0 saturated carbocycles. The summed E-state index contributed by atoms with van der Waals surface area (Å²) >= 11 is 6.00. The Kier molecular flexibility index (Phi) is 7.26. The minimum atomic E-state index is -4.78. The van der Waals surface area contributed by atoms with Gasteiger partial charge in [0.1, 0.15) is 5.82 Å². The average Bonchev–Trinajstić information content (AvgIpc) is 2.74. The van der Waals surface area contributed by atoms with Crippen molar-refractivity contribution >= 4 is 22.6 Å². The standard InChI is InChI=1S/C23H22ClF4N3OS/c1-21(2,3)33(32)31-14-22(19-6-4-5-9-29-19,20-8-7-17(24)13-30-20)15-10-16(23(26,27)28)12-18(25)11-15/h4-13,31H,14H2,1-3H3. The van der Waals surface area contributed by atoms with E-state index in [2.05, 4.69) is 14.7 Å². The molecule has 2 atom stereocenters. The highest BCUT2D eigenvalue weighted by molar-refractivity contribution is 7.84. The summed E-state index contributed by atoms with van der Waals surface area (Å²) in [4.78, 5) is 8.72. The zero-order chi connectivity index (χ0) is 24.4. The summed E-state index contributed by atoms with van der Waals surface area (Å²) in [5.41, 5.74) is -2.13. The Morgan fingerprint density at radius 3 is 2.18 bits per heavy atom. The van der Waals surface area contributed by atoms with Crippen LogP contribution in [0.5, 0.6) is 0 Å². The van der Waals surface area contributed by atoms with E-state index < -0.39 is 38.7 Å². The van der Waals surface area contributed by atoms with Crippen molar-refractivity contribution in [3.8, 4) is 0 Å². The second-order valence-corrected chi connectivity index (χ2v) is 10.9. The highest BCUT2D eigenvalue weighted by Gasteiger charge is 2.42. The van der Waals surface area contributed by atoms with Gasteiger partial charge in [-0.3, -0.25) is 9.97 Å². The Morgan fingerprint density at radius 1 is 0.970 bits per heavy atom. The molecule has 0 aliphatic rings. The SMILES string of the molecule is CC(C)(C)S(=O)NCC(c1cc(F)cc(C(F)(F)F)c1)(c1ccccn1)c1ccc(Cl)cn1. The summed E-state index contributed by atoms with van der Waals surface area (Å²) in [6, 6.07) is 10.3. The minimum Gasteiger partial charge on any atom is -0.260 e. The van der Waals surface area contributed by atoms with E-state index in [1.54, 1.807) is 39.0 Å². The lowest BCUT2D eigenvalue weighted by molar-refractivity contribution is -0.137. The van der Waals surface area contributed by atoms with Crippen molar-refractivity contribution in [2.75, 3.05) is 6.54 Å². The maximum absolute atomic E-state index is 14.5. The van der Waals surface area contributed by atoms with Crippen LogP contribution in [0, 0.1) is 5.82 Å². The molecule has 0 radical (unpaired) electrons.